The first-order chi connectivity index (χ1) is 16.1. The van der Waals surface area contributed by atoms with Gasteiger partial charge in [0.1, 0.15) is 12.0 Å². The van der Waals surface area contributed by atoms with Crippen LogP contribution in [0.3, 0.4) is 0 Å². The molecule has 33 heavy (non-hydrogen) atoms. The highest BCUT2D eigenvalue weighted by Gasteiger charge is 2.24. The number of ether oxygens (including phenoxy) is 2. The number of hydrogen-bond acceptors (Lipinski definition) is 7. The SMILES string of the molecule is COc1ccc(C2=NN(C(=O)c3ccccc3NC(=O)c3ccncn3)CCC2)cc1OC. The van der Waals surface area contributed by atoms with Crippen LogP contribution in [-0.4, -0.2) is 53.3 Å². The summed E-state index contributed by atoms with van der Waals surface area (Å²) in [5, 5.41) is 8.81. The van der Waals surface area contributed by atoms with Crippen LogP contribution in [0.4, 0.5) is 5.69 Å². The summed E-state index contributed by atoms with van der Waals surface area (Å²) in [6.45, 7) is 0.476. The molecule has 9 nitrogen and oxygen atoms in total. The molecule has 0 spiro atoms. The lowest BCUT2D eigenvalue weighted by Crippen LogP contribution is -2.33. The van der Waals surface area contributed by atoms with E-state index in [2.05, 4.69) is 20.4 Å². The number of aromatic nitrogens is 2. The molecule has 3 aromatic rings. The zero-order valence-electron chi connectivity index (χ0n) is 18.3. The minimum absolute atomic E-state index is 0.207. The molecule has 168 valence electrons. The Morgan fingerprint density at radius 2 is 1.85 bits per heavy atom. The van der Waals surface area contributed by atoms with E-state index in [1.165, 1.54) is 23.6 Å². The van der Waals surface area contributed by atoms with Gasteiger partial charge in [-0.05, 0) is 49.2 Å². The molecule has 1 N–H and O–H groups in total. The van der Waals surface area contributed by atoms with E-state index in [1.807, 2.05) is 18.2 Å². The molecule has 2 amide bonds. The number of carbonyl (C=O) groups excluding carboxylic acids is 2. The number of benzene rings is 2. The number of hydrazone groups is 1. The lowest BCUT2D eigenvalue weighted by Gasteiger charge is -2.25. The van der Waals surface area contributed by atoms with Crippen molar-refractivity contribution in [3.8, 4) is 11.5 Å². The standard InChI is InChI=1S/C24H23N5O4/c1-32-21-10-9-16(14-22(21)33-2)18-8-5-13-29(28-18)24(31)17-6-3-4-7-19(17)27-23(30)20-11-12-25-15-26-20/h3-4,6-7,9-12,14-15H,5,8,13H2,1-2H3,(H,27,30). The highest BCUT2D eigenvalue weighted by Crippen LogP contribution is 2.29. The average Bonchev–Trinajstić information content (AvgIpc) is 2.88. The van der Waals surface area contributed by atoms with Gasteiger partial charge in [-0.25, -0.2) is 15.0 Å². The normalized spacial score (nSPS) is 13.2. The second kappa shape index (κ2) is 9.90. The molecule has 0 atom stereocenters. The van der Waals surface area contributed by atoms with Crippen LogP contribution < -0.4 is 14.8 Å². The zero-order valence-corrected chi connectivity index (χ0v) is 18.3. The maximum atomic E-state index is 13.3. The molecular weight excluding hydrogens is 422 g/mol. The summed E-state index contributed by atoms with van der Waals surface area (Å²) in [5.74, 6) is 0.495. The predicted octanol–water partition coefficient (Wildman–Crippen LogP) is 3.39. The van der Waals surface area contributed by atoms with Gasteiger partial charge in [-0.15, -0.1) is 0 Å². The van der Waals surface area contributed by atoms with Gasteiger partial charge in [0.25, 0.3) is 11.8 Å². The number of carbonyl (C=O) groups is 2. The number of para-hydroxylation sites is 1. The zero-order chi connectivity index (χ0) is 23.2. The fourth-order valence-corrected chi connectivity index (χ4v) is 3.54. The third-order valence-corrected chi connectivity index (χ3v) is 5.20. The third-order valence-electron chi connectivity index (χ3n) is 5.20. The summed E-state index contributed by atoms with van der Waals surface area (Å²) in [5.41, 5.74) is 2.57. The Balaban J connectivity index is 1.59. The maximum absolute atomic E-state index is 13.3. The quantitative estimate of drug-likeness (QED) is 0.623. The molecule has 0 aliphatic carbocycles. The smallest absolute Gasteiger partial charge is 0.276 e. The lowest BCUT2D eigenvalue weighted by molar-refractivity contribution is 0.0752. The summed E-state index contributed by atoms with van der Waals surface area (Å²) in [7, 11) is 3.16. The topological polar surface area (TPSA) is 106 Å². The number of amides is 2. The number of nitrogens with zero attached hydrogens (tertiary/aromatic N) is 4. The van der Waals surface area contributed by atoms with E-state index in [0.717, 1.165) is 24.1 Å². The molecule has 0 saturated carbocycles. The lowest BCUT2D eigenvalue weighted by atomic mass is 10.0. The van der Waals surface area contributed by atoms with Crippen LogP contribution in [0.5, 0.6) is 11.5 Å². The molecule has 1 aliphatic rings. The van der Waals surface area contributed by atoms with Crippen LogP contribution in [0.2, 0.25) is 0 Å². The van der Waals surface area contributed by atoms with Gasteiger partial charge in [0.15, 0.2) is 11.5 Å². The number of hydrogen-bond donors (Lipinski definition) is 1. The van der Waals surface area contributed by atoms with E-state index in [1.54, 1.807) is 38.5 Å². The van der Waals surface area contributed by atoms with Crippen molar-refractivity contribution in [2.45, 2.75) is 12.8 Å². The van der Waals surface area contributed by atoms with Crippen molar-refractivity contribution in [3.05, 3.63) is 77.9 Å². The van der Waals surface area contributed by atoms with E-state index in [9.17, 15) is 9.59 Å². The second-order valence-corrected chi connectivity index (χ2v) is 7.24. The van der Waals surface area contributed by atoms with Gasteiger partial charge in [-0.2, -0.15) is 5.10 Å². The summed E-state index contributed by atoms with van der Waals surface area (Å²) in [6, 6.07) is 13.9. The van der Waals surface area contributed by atoms with Crippen molar-refractivity contribution >= 4 is 23.2 Å². The predicted molar refractivity (Wildman–Crippen MR) is 123 cm³/mol. The summed E-state index contributed by atoms with van der Waals surface area (Å²) >= 11 is 0. The summed E-state index contributed by atoms with van der Waals surface area (Å²) in [6.07, 6.45) is 4.26. The molecule has 0 bridgehead atoms. The minimum atomic E-state index is -0.425. The molecular formula is C24H23N5O4. The maximum Gasteiger partial charge on any atom is 0.276 e. The first kappa shape index (κ1) is 21.9. The van der Waals surface area contributed by atoms with E-state index in [-0.39, 0.29) is 11.6 Å². The summed E-state index contributed by atoms with van der Waals surface area (Å²) < 4.78 is 10.7. The molecule has 0 saturated heterocycles. The fourth-order valence-electron chi connectivity index (χ4n) is 3.54. The van der Waals surface area contributed by atoms with Gasteiger partial charge in [-0.1, -0.05) is 12.1 Å². The highest BCUT2D eigenvalue weighted by molar-refractivity contribution is 6.09. The molecule has 1 aromatic heterocycles. The Kier molecular flexibility index (Phi) is 6.58. The van der Waals surface area contributed by atoms with Crippen LogP contribution in [0.1, 0.15) is 39.3 Å². The molecule has 0 unspecified atom stereocenters. The van der Waals surface area contributed by atoms with Gasteiger partial charge >= 0.3 is 0 Å². The van der Waals surface area contributed by atoms with E-state index >= 15 is 0 Å². The van der Waals surface area contributed by atoms with Crippen molar-refractivity contribution in [2.24, 2.45) is 5.10 Å². The monoisotopic (exact) mass is 445 g/mol. The van der Waals surface area contributed by atoms with Gasteiger partial charge in [0.05, 0.1) is 31.2 Å². The molecule has 2 aromatic carbocycles. The van der Waals surface area contributed by atoms with Gasteiger partial charge in [0.2, 0.25) is 0 Å². The van der Waals surface area contributed by atoms with Crippen LogP contribution in [0.15, 0.2) is 66.2 Å². The number of methoxy groups -OCH3 is 2. The van der Waals surface area contributed by atoms with Gasteiger partial charge in [-0.3, -0.25) is 9.59 Å². The van der Waals surface area contributed by atoms with Gasteiger partial charge in [0, 0.05) is 18.3 Å². The highest BCUT2D eigenvalue weighted by atomic mass is 16.5. The van der Waals surface area contributed by atoms with E-state index < -0.39 is 5.91 Å². The Bertz CT molecular complexity index is 1200. The molecule has 9 heteroatoms. The Morgan fingerprint density at radius 3 is 2.61 bits per heavy atom. The van der Waals surface area contributed by atoms with E-state index in [4.69, 9.17) is 9.47 Å². The van der Waals surface area contributed by atoms with Crippen molar-refractivity contribution in [1.29, 1.82) is 0 Å². The van der Waals surface area contributed by atoms with Crippen molar-refractivity contribution < 1.29 is 19.1 Å². The van der Waals surface area contributed by atoms with Crippen LogP contribution in [0.25, 0.3) is 0 Å². The van der Waals surface area contributed by atoms with Crippen LogP contribution in [0, 0.1) is 0 Å². The number of anilines is 1. The Hall–Kier alpha value is -4.27. The Morgan fingerprint density at radius 1 is 1.03 bits per heavy atom. The molecule has 2 heterocycles. The first-order valence-electron chi connectivity index (χ1n) is 10.4. The molecule has 1 aliphatic heterocycles. The van der Waals surface area contributed by atoms with Crippen molar-refractivity contribution in [1.82, 2.24) is 15.0 Å². The van der Waals surface area contributed by atoms with Crippen molar-refractivity contribution in [2.75, 3.05) is 26.1 Å². The minimum Gasteiger partial charge on any atom is -0.493 e. The average molecular weight is 445 g/mol. The second-order valence-electron chi connectivity index (χ2n) is 7.24. The molecule has 0 radical (unpaired) electrons. The van der Waals surface area contributed by atoms with Crippen molar-refractivity contribution in [3.63, 3.8) is 0 Å². The largest absolute Gasteiger partial charge is 0.493 e. The number of rotatable bonds is 6. The third kappa shape index (κ3) is 4.82. The number of nitrogens with one attached hydrogen (secondary N) is 1. The molecule has 4 rings (SSSR count). The van der Waals surface area contributed by atoms with Crippen LogP contribution >= 0.6 is 0 Å². The Labute approximate surface area is 191 Å². The fraction of sp³-hybridized carbons (Fsp3) is 0.208. The summed E-state index contributed by atoms with van der Waals surface area (Å²) in [4.78, 5) is 33.6. The first-order valence-corrected chi connectivity index (χ1v) is 10.4. The van der Waals surface area contributed by atoms with Gasteiger partial charge < -0.3 is 14.8 Å². The van der Waals surface area contributed by atoms with Crippen LogP contribution in [-0.2, 0) is 0 Å². The molecule has 0 fully saturated rings. The van der Waals surface area contributed by atoms with E-state index in [0.29, 0.717) is 29.3 Å².